The number of hydrogen-bond donors (Lipinski definition) is 1. The largest absolute Gasteiger partial charge is 0.416 e. The van der Waals surface area contributed by atoms with Gasteiger partial charge < -0.3 is 0 Å². The van der Waals surface area contributed by atoms with Crippen molar-refractivity contribution in [3.8, 4) is 0 Å². The van der Waals surface area contributed by atoms with E-state index in [1.54, 1.807) is 6.20 Å². The van der Waals surface area contributed by atoms with Crippen LogP contribution in [-0.4, -0.2) is 10.9 Å². The van der Waals surface area contributed by atoms with Gasteiger partial charge in [0.1, 0.15) is 0 Å². The molecule has 2 heterocycles. The van der Waals surface area contributed by atoms with Gasteiger partial charge in [0.05, 0.1) is 10.4 Å². The summed E-state index contributed by atoms with van der Waals surface area (Å²) in [5, 5.41) is 5.07. The number of thiazole rings is 1. The predicted octanol–water partition coefficient (Wildman–Crippen LogP) is 5.37. The molecule has 8 heteroatoms. The minimum atomic E-state index is -4.33. The number of aryl methyl sites for hydroxylation is 1. The smallest absolute Gasteiger partial charge is 0.297 e. The van der Waals surface area contributed by atoms with Crippen molar-refractivity contribution >= 4 is 33.7 Å². The summed E-state index contributed by atoms with van der Waals surface area (Å²) in [6.45, 7) is 1.86. The number of halogens is 3. The average Bonchev–Trinajstić information content (AvgIpc) is 3.16. The van der Waals surface area contributed by atoms with Gasteiger partial charge >= 0.3 is 6.18 Å². The van der Waals surface area contributed by atoms with Gasteiger partial charge in [0.15, 0.2) is 5.13 Å². The molecule has 3 aromatic rings. The van der Waals surface area contributed by atoms with Gasteiger partial charge in [-0.2, -0.15) is 13.2 Å². The Kier molecular flexibility index (Phi) is 4.91. The Morgan fingerprint density at radius 3 is 2.52 bits per heavy atom. The Balaban J connectivity index is 1.66. The Labute approximate surface area is 150 Å². The van der Waals surface area contributed by atoms with Gasteiger partial charge in [-0.15, -0.1) is 22.7 Å². The number of nitrogens with one attached hydrogen (secondary N) is 1. The van der Waals surface area contributed by atoms with E-state index in [0.717, 1.165) is 28.1 Å². The maximum atomic E-state index is 12.6. The molecule has 1 aromatic carbocycles. The van der Waals surface area contributed by atoms with Crippen LogP contribution in [0.3, 0.4) is 0 Å². The fourth-order valence-corrected chi connectivity index (χ4v) is 3.88. The van der Waals surface area contributed by atoms with Crippen LogP contribution in [0.4, 0.5) is 18.3 Å². The topological polar surface area (TPSA) is 42.0 Å². The first-order valence-electron chi connectivity index (χ1n) is 7.29. The second-order valence-corrected chi connectivity index (χ2v) is 7.42. The lowest BCUT2D eigenvalue weighted by Gasteiger charge is -2.06. The predicted molar refractivity (Wildman–Crippen MR) is 93.4 cm³/mol. The minimum Gasteiger partial charge on any atom is -0.297 e. The second kappa shape index (κ2) is 6.97. The van der Waals surface area contributed by atoms with E-state index in [0.29, 0.717) is 16.4 Å². The van der Waals surface area contributed by atoms with Gasteiger partial charge in [-0.05, 0) is 41.6 Å². The molecule has 2 aromatic heterocycles. The molecule has 0 unspecified atom stereocenters. The highest BCUT2D eigenvalue weighted by molar-refractivity contribution is 7.16. The average molecular weight is 382 g/mol. The van der Waals surface area contributed by atoms with Crippen molar-refractivity contribution in [1.29, 1.82) is 0 Å². The van der Waals surface area contributed by atoms with E-state index in [2.05, 4.69) is 10.3 Å². The molecule has 0 radical (unpaired) electrons. The number of benzene rings is 1. The van der Waals surface area contributed by atoms with Gasteiger partial charge in [-0.1, -0.05) is 12.1 Å². The first kappa shape index (κ1) is 17.6. The molecule has 0 atom stereocenters. The summed E-state index contributed by atoms with van der Waals surface area (Å²) in [5.41, 5.74) is 0.993. The molecule has 0 aliphatic carbocycles. The zero-order valence-electron chi connectivity index (χ0n) is 13.1. The van der Waals surface area contributed by atoms with E-state index in [4.69, 9.17) is 0 Å². The van der Waals surface area contributed by atoms with Crippen molar-refractivity contribution in [2.45, 2.75) is 19.5 Å². The van der Waals surface area contributed by atoms with Crippen LogP contribution < -0.4 is 5.32 Å². The maximum absolute atomic E-state index is 12.6. The van der Waals surface area contributed by atoms with Gasteiger partial charge in [-0.3, -0.25) is 10.1 Å². The summed E-state index contributed by atoms with van der Waals surface area (Å²) in [4.78, 5) is 17.8. The number of nitrogens with zero attached hydrogens (tertiary/aromatic N) is 1. The van der Waals surface area contributed by atoms with Crippen molar-refractivity contribution in [3.05, 3.63) is 68.4 Å². The number of rotatable bonds is 4. The summed E-state index contributed by atoms with van der Waals surface area (Å²) in [7, 11) is 0. The number of hydrogen-bond acceptors (Lipinski definition) is 4. The fourth-order valence-electron chi connectivity index (χ4n) is 2.22. The molecule has 0 aliphatic rings. The second-order valence-electron chi connectivity index (χ2n) is 5.39. The summed E-state index contributed by atoms with van der Waals surface area (Å²) in [6.07, 6.45) is -2.25. The van der Waals surface area contributed by atoms with E-state index >= 15 is 0 Å². The SMILES string of the molecule is Cc1ccsc1C(=O)Nc1ncc(Cc2ccc(C(F)(F)F)cc2)s1. The third kappa shape index (κ3) is 4.26. The number of aromatic nitrogens is 1. The third-order valence-electron chi connectivity index (χ3n) is 3.50. The van der Waals surface area contributed by atoms with Crippen LogP contribution in [0.25, 0.3) is 0 Å². The van der Waals surface area contributed by atoms with E-state index in [9.17, 15) is 18.0 Å². The van der Waals surface area contributed by atoms with E-state index < -0.39 is 11.7 Å². The van der Waals surface area contributed by atoms with Gasteiger partial charge in [0, 0.05) is 17.5 Å². The van der Waals surface area contributed by atoms with Crippen LogP contribution >= 0.6 is 22.7 Å². The molecular formula is C17H13F3N2OS2. The molecule has 0 fully saturated rings. The van der Waals surface area contributed by atoms with Crippen molar-refractivity contribution in [2.75, 3.05) is 5.32 Å². The highest BCUT2D eigenvalue weighted by Crippen LogP contribution is 2.30. The highest BCUT2D eigenvalue weighted by Gasteiger charge is 2.29. The van der Waals surface area contributed by atoms with Gasteiger partial charge in [-0.25, -0.2) is 4.98 Å². The molecule has 1 N–H and O–H groups in total. The van der Waals surface area contributed by atoms with E-state index in [1.165, 1.54) is 34.8 Å². The first-order chi connectivity index (χ1) is 11.8. The van der Waals surface area contributed by atoms with Gasteiger partial charge in [0.25, 0.3) is 5.91 Å². The van der Waals surface area contributed by atoms with E-state index in [-0.39, 0.29) is 5.91 Å². The van der Waals surface area contributed by atoms with Crippen LogP contribution in [-0.2, 0) is 12.6 Å². The molecular weight excluding hydrogens is 369 g/mol. The fraction of sp³-hybridized carbons (Fsp3) is 0.176. The van der Waals surface area contributed by atoms with Crippen molar-refractivity contribution < 1.29 is 18.0 Å². The minimum absolute atomic E-state index is 0.206. The molecule has 130 valence electrons. The first-order valence-corrected chi connectivity index (χ1v) is 8.99. The van der Waals surface area contributed by atoms with Crippen molar-refractivity contribution in [3.63, 3.8) is 0 Å². The number of amides is 1. The normalized spacial score (nSPS) is 11.5. The molecule has 1 amide bonds. The van der Waals surface area contributed by atoms with Crippen LogP contribution in [0, 0.1) is 6.92 Å². The highest BCUT2D eigenvalue weighted by atomic mass is 32.1. The Bertz CT molecular complexity index is 882. The molecule has 3 nitrogen and oxygen atoms in total. The molecule has 0 aliphatic heterocycles. The van der Waals surface area contributed by atoms with Crippen LogP contribution in [0.2, 0.25) is 0 Å². The van der Waals surface area contributed by atoms with Crippen LogP contribution in [0.5, 0.6) is 0 Å². The summed E-state index contributed by atoms with van der Waals surface area (Å²) < 4.78 is 37.7. The standard InChI is InChI=1S/C17H13F3N2OS2/c1-10-6-7-24-14(10)15(23)22-16-21-9-13(25-16)8-11-2-4-12(5-3-11)17(18,19)20/h2-7,9H,8H2,1H3,(H,21,22,23). The number of anilines is 1. The number of carbonyl (C=O) groups is 1. The van der Waals surface area contributed by atoms with Crippen LogP contribution in [0.15, 0.2) is 41.9 Å². The lowest BCUT2D eigenvalue weighted by Crippen LogP contribution is -2.10. The molecule has 25 heavy (non-hydrogen) atoms. The van der Waals surface area contributed by atoms with E-state index in [1.807, 2.05) is 18.4 Å². The van der Waals surface area contributed by atoms with Crippen molar-refractivity contribution in [2.24, 2.45) is 0 Å². The van der Waals surface area contributed by atoms with Gasteiger partial charge in [0.2, 0.25) is 0 Å². The zero-order valence-corrected chi connectivity index (χ0v) is 14.7. The maximum Gasteiger partial charge on any atom is 0.416 e. The third-order valence-corrected chi connectivity index (χ3v) is 5.43. The number of thiophene rings is 1. The van der Waals surface area contributed by atoms with Crippen LogP contribution in [0.1, 0.15) is 31.2 Å². The lowest BCUT2D eigenvalue weighted by atomic mass is 10.1. The Hall–Kier alpha value is -2.19. The Morgan fingerprint density at radius 1 is 1.20 bits per heavy atom. The monoisotopic (exact) mass is 382 g/mol. The summed E-state index contributed by atoms with van der Waals surface area (Å²) >= 11 is 2.67. The Morgan fingerprint density at radius 2 is 1.92 bits per heavy atom. The summed E-state index contributed by atoms with van der Waals surface area (Å²) in [6, 6.07) is 6.92. The summed E-state index contributed by atoms with van der Waals surface area (Å²) in [5.74, 6) is -0.206. The lowest BCUT2D eigenvalue weighted by molar-refractivity contribution is -0.137. The number of carbonyl (C=O) groups excluding carboxylic acids is 1. The quantitative estimate of drug-likeness (QED) is 0.659. The molecule has 0 spiro atoms. The molecule has 0 bridgehead atoms. The molecule has 3 rings (SSSR count). The zero-order chi connectivity index (χ0) is 18.0. The number of alkyl halides is 3. The molecule has 0 saturated carbocycles. The van der Waals surface area contributed by atoms with Crippen molar-refractivity contribution in [1.82, 2.24) is 4.98 Å². The molecule has 0 saturated heterocycles.